The maximum absolute atomic E-state index is 13.0. The van der Waals surface area contributed by atoms with Crippen LogP contribution in [0.25, 0.3) is 0 Å². The van der Waals surface area contributed by atoms with Gasteiger partial charge in [-0.25, -0.2) is 26.3 Å². The van der Waals surface area contributed by atoms with Crippen LogP contribution in [0.15, 0.2) is 45.8 Å². The zero-order valence-corrected chi connectivity index (χ0v) is 12.8. The summed E-state index contributed by atoms with van der Waals surface area (Å²) in [7, 11) is -3.91. The van der Waals surface area contributed by atoms with Crippen molar-refractivity contribution in [1.29, 1.82) is 0 Å². The molecule has 0 aliphatic carbocycles. The molecule has 0 saturated heterocycles. The van der Waals surface area contributed by atoms with Gasteiger partial charge in [0, 0.05) is 11.0 Å². The summed E-state index contributed by atoms with van der Waals surface area (Å²) in [6.45, 7) is -0.219. The standard InChI is InChI=1S/C13H9BrF3NO2S/c14-10-6-9(15)2-4-13(10)21(19,20)18-7-8-1-3-11(16)12(17)5-8/h1-6,18H,7H2. The fourth-order valence-corrected chi connectivity index (χ4v) is 3.66. The normalized spacial score (nSPS) is 11.6. The number of hydrogen-bond donors (Lipinski definition) is 1. The second-order valence-electron chi connectivity index (χ2n) is 4.15. The van der Waals surface area contributed by atoms with E-state index in [4.69, 9.17) is 0 Å². The van der Waals surface area contributed by atoms with E-state index >= 15 is 0 Å². The number of hydrogen-bond acceptors (Lipinski definition) is 2. The molecule has 0 amide bonds. The first-order chi connectivity index (χ1) is 9.79. The number of halogens is 4. The molecule has 8 heteroatoms. The van der Waals surface area contributed by atoms with Crippen molar-refractivity contribution in [2.45, 2.75) is 11.4 Å². The maximum atomic E-state index is 13.0. The van der Waals surface area contributed by atoms with Crippen molar-refractivity contribution < 1.29 is 21.6 Å². The van der Waals surface area contributed by atoms with E-state index in [-0.39, 0.29) is 21.5 Å². The lowest BCUT2D eigenvalue weighted by Crippen LogP contribution is -2.23. The maximum Gasteiger partial charge on any atom is 0.241 e. The Morgan fingerprint density at radius 1 is 1.00 bits per heavy atom. The van der Waals surface area contributed by atoms with Crippen molar-refractivity contribution in [2.75, 3.05) is 0 Å². The summed E-state index contributed by atoms with van der Waals surface area (Å²) in [5.74, 6) is -2.65. The van der Waals surface area contributed by atoms with Gasteiger partial charge in [0.05, 0.1) is 4.90 Å². The molecule has 0 radical (unpaired) electrons. The molecule has 0 aliphatic heterocycles. The Labute approximate surface area is 128 Å². The van der Waals surface area contributed by atoms with E-state index in [0.29, 0.717) is 0 Å². The molecule has 2 rings (SSSR count). The van der Waals surface area contributed by atoms with Gasteiger partial charge in [-0.1, -0.05) is 6.07 Å². The van der Waals surface area contributed by atoms with Crippen molar-refractivity contribution in [2.24, 2.45) is 0 Å². The van der Waals surface area contributed by atoms with Crippen LogP contribution in [0.5, 0.6) is 0 Å². The fraction of sp³-hybridized carbons (Fsp3) is 0.0769. The third-order valence-electron chi connectivity index (χ3n) is 2.63. The van der Waals surface area contributed by atoms with Crippen molar-refractivity contribution >= 4 is 26.0 Å². The topological polar surface area (TPSA) is 46.2 Å². The minimum absolute atomic E-state index is 0.0697. The van der Waals surface area contributed by atoms with E-state index in [0.717, 1.165) is 30.3 Å². The van der Waals surface area contributed by atoms with Crippen LogP contribution < -0.4 is 4.72 Å². The van der Waals surface area contributed by atoms with E-state index in [2.05, 4.69) is 20.7 Å². The molecule has 2 aromatic rings. The summed E-state index contributed by atoms with van der Waals surface area (Å²) in [6, 6.07) is 6.21. The summed E-state index contributed by atoms with van der Waals surface area (Å²) in [4.78, 5) is -0.147. The zero-order valence-electron chi connectivity index (χ0n) is 10.4. The number of rotatable bonds is 4. The predicted octanol–water partition coefficient (Wildman–Crippen LogP) is 3.34. The van der Waals surface area contributed by atoms with Gasteiger partial charge in [0.15, 0.2) is 11.6 Å². The third-order valence-corrected chi connectivity index (χ3v) is 5.01. The Hall–Kier alpha value is -1.38. The van der Waals surface area contributed by atoms with E-state index in [1.807, 2.05) is 0 Å². The molecule has 0 fully saturated rings. The molecule has 0 bridgehead atoms. The second-order valence-corrected chi connectivity index (χ2v) is 6.74. The molecule has 2 aromatic carbocycles. The van der Waals surface area contributed by atoms with Gasteiger partial charge in [0.25, 0.3) is 0 Å². The highest BCUT2D eigenvalue weighted by molar-refractivity contribution is 9.10. The van der Waals surface area contributed by atoms with Crippen LogP contribution >= 0.6 is 15.9 Å². The van der Waals surface area contributed by atoms with Crippen molar-refractivity contribution in [3.63, 3.8) is 0 Å². The number of nitrogens with one attached hydrogen (secondary N) is 1. The summed E-state index contributed by atoms with van der Waals surface area (Å²) in [5.41, 5.74) is 0.260. The highest BCUT2D eigenvalue weighted by atomic mass is 79.9. The summed E-state index contributed by atoms with van der Waals surface area (Å²) in [5, 5.41) is 0. The fourth-order valence-electron chi connectivity index (χ4n) is 1.60. The molecule has 0 saturated carbocycles. The highest BCUT2D eigenvalue weighted by Gasteiger charge is 2.18. The van der Waals surface area contributed by atoms with Crippen LogP contribution in [0.1, 0.15) is 5.56 Å². The first-order valence-corrected chi connectivity index (χ1v) is 7.96. The minimum atomic E-state index is -3.91. The Balaban J connectivity index is 2.19. The number of benzene rings is 2. The first-order valence-electron chi connectivity index (χ1n) is 5.68. The highest BCUT2D eigenvalue weighted by Crippen LogP contribution is 2.22. The average Bonchev–Trinajstić information content (AvgIpc) is 2.40. The number of sulfonamides is 1. The van der Waals surface area contributed by atoms with E-state index < -0.39 is 27.5 Å². The average molecular weight is 380 g/mol. The van der Waals surface area contributed by atoms with Crippen LogP contribution in [0.3, 0.4) is 0 Å². The molecule has 112 valence electrons. The van der Waals surface area contributed by atoms with Gasteiger partial charge < -0.3 is 0 Å². The van der Waals surface area contributed by atoms with Crippen LogP contribution in [0.2, 0.25) is 0 Å². The van der Waals surface area contributed by atoms with Crippen LogP contribution in [-0.2, 0) is 16.6 Å². The Bertz CT molecular complexity index is 781. The lowest BCUT2D eigenvalue weighted by atomic mass is 10.2. The van der Waals surface area contributed by atoms with Gasteiger partial charge in [0.2, 0.25) is 10.0 Å². The van der Waals surface area contributed by atoms with E-state index in [1.165, 1.54) is 6.07 Å². The second kappa shape index (κ2) is 6.17. The van der Waals surface area contributed by atoms with Gasteiger partial charge >= 0.3 is 0 Å². The molecule has 0 atom stereocenters. The molecular formula is C13H9BrF3NO2S. The molecule has 0 aromatic heterocycles. The minimum Gasteiger partial charge on any atom is -0.207 e. The molecule has 21 heavy (non-hydrogen) atoms. The lowest BCUT2D eigenvalue weighted by molar-refractivity contribution is 0.506. The third kappa shape index (κ3) is 3.84. The molecule has 0 spiro atoms. The quantitative estimate of drug-likeness (QED) is 0.885. The molecule has 3 nitrogen and oxygen atoms in total. The van der Waals surface area contributed by atoms with E-state index in [1.54, 1.807) is 0 Å². The van der Waals surface area contributed by atoms with Crippen LogP contribution in [0, 0.1) is 17.5 Å². The summed E-state index contributed by atoms with van der Waals surface area (Å²) < 4.78 is 65.2. The SMILES string of the molecule is O=S(=O)(NCc1ccc(F)c(F)c1)c1ccc(F)cc1Br. The molecule has 0 heterocycles. The summed E-state index contributed by atoms with van der Waals surface area (Å²) in [6.07, 6.45) is 0. The van der Waals surface area contributed by atoms with Gasteiger partial charge in [-0.05, 0) is 51.8 Å². The van der Waals surface area contributed by atoms with Crippen LogP contribution in [0.4, 0.5) is 13.2 Å². The van der Waals surface area contributed by atoms with Gasteiger partial charge in [-0.15, -0.1) is 0 Å². The van der Waals surface area contributed by atoms with Gasteiger partial charge in [-0.2, -0.15) is 0 Å². The Kier molecular flexibility index (Phi) is 4.70. The Morgan fingerprint density at radius 3 is 2.33 bits per heavy atom. The monoisotopic (exact) mass is 379 g/mol. The lowest BCUT2D eigenvalue weighted by Gasteiger charge is -2.09. The van der Waals surface area contributed by atoms with Gasteiger partial charge in [0.1, 0.15) is 5.82 Å². The zero-order chi connectivity index (χ0) is 15.6. The Morgan fingerprint density at radius 2 is 1.71 bits per heavy atom. The molecule has 0 aliphatic rings. The van der Waals surface area contributed by atoms with Crippen molar-refractivity contribution in [1.82, 2.24) is 4.72 Å². The largest absolute Gasteiger partial charge is 0.241 e. The molecule has 0 unspecified atom stereocenters. The first kappa shape index (κ1) is 16.0. The van der Waals surface area contributed by atoms with Gasteiger partial charge in [-0.3, -0.25) is 0 Å². The summed E-state index contributed by atoms with van der Waals surface area (Å²) >= 11 is 2.96. The molecule has 1 N–H and O–H groups in total. The molecular weight excluding hydrogens is 371 g/mol. The van der Waals surface area contributed by atoms with Crippen molar-refractivity contribution in [3.8, 4) is 0 Å². The van der Waals surface area contributed by atoms with Crippen LogP contribution in [-0.4, -0.2) is 8.42 Å². The smallest absolute Gasteiger partial charge is 0.207 e. The van der Waals surface area contributed by atoms with E-state index in [9.17, 15) is 21.6 Å². The predicted molar refractivity (Wildman–Crippen MR) is 74.5 cm³/mol. The van der Waals surface area contributed by atoms with Crippen molar-refractivity contribution in [3.05, 3.63) is 63.9 Å².